The van der Waals surface area contributed by atoms with E-state index in [9.17, 15) is 14.4 Å². The molecule has 1 saturated carbocycles. The predicted molar refractivity (Wildman–Crippen MR) is 75.1 cm³/mol. The van der Waals surface area contributed by atoms with Crippen LogP contribution in [-0.2, 0) is 9.59 Å². The fourth-order valence-electron chi connectivity index (χ4n) is 3.02. The first-order chi connectivity index (χ1) is 9.18. The molecule has 112 valence electrons. The lowest BCUT2D eigenvalue weighted by Gasteiger charge is -2.36. The number of urea groups is 1. The van der Waals surface area contributed by atoms with E-state index >= 15 is 0 Å². The standard InChI is InChI=1S/C15H24N2O3/c1-10-7-5-6-8-15(10)12(19)17(13(20)16-15)9-11(18)14(2,3)4/h10H,5-9H2,1-4H3,(H,16,20)/t10-,15-/m0/s1. The molecule has 0 radical (unpaired) electrons. The highest BCUT2D eigenvalue weighted by Crippen LogP contribution is 2.38. The predicted octanol–water partition coefficient (Wildman–Crippen LogP) is 2.10. The van der Waals surface area contributed by atoms with Gasteiger partial charge in [0.1, 0.15) is 5.54 Å². The lowest BCUT2D eigenvalue weighted by atomic mass is 9.73. The maximum atomic E-state index is 12.7. The molecule has 20 heavy (non-hydrogen) atoms. The Morgan fingerprint density at radius 1 is 1.35 bits per heavy atom. The number of rotatable bonds is 2. The molecule has 1 N–H and O–H groups in total. The van der Waals surface area contributed by atoms with Crippen molar-refractivity contribution in [2.45, 2.75) is 58.9 Å². The molecule has 1 saturated heterocycles. The lowest BCUT2D eigenvalue weighted by Crippen LogP contribution is -2.54. The summed E-state index contributed by atoms with van der Waals surface area (Å²) in [5, 5.41) is 2.86. The van der Waals surface area contributed by atoms with Gasteiger partial charge in [-0.25, -0.2) is 4.79 Å². The van der Waals surface area contributed by atoms with Gasteiger partial charge in [0.15, 0.2) is 5.78 Å². The zero-order chi connectivity index (χ0) is 15.1. The Kier molecular flexibility index (Phi) is 3.65. The van der Waals surface area contributed by atoms with Crippen molar-refractivity contribution >= 4 is 17.7 Å². The Morgan fingerprint density at radius 2 is 2.00 bits per heavy atom. The molecule has 1 spiro atoms. The zero-order valence-corrected chi connectivity index (χ0v) is 12.8. The number of hydrogen-bond donors (Lipinski definition) is 1. The van der Waals surface area contributed by atoms with Crippen molar-refractivity contribution in [3.63, 3.8) is 0 Å². The summed E-state index contributed by atoms with van der Waals surface area (Å²) in [6, 6.07) is -0.415. The van der Waals surface area contributed by atoms with Crippen molar-refractivity contribution < 1.29 is 14.4 Å². The first-order valence-corrected chi connectivity index (χ1v) is 7.36. The van der Waals surface area contributed by atoms with Crippen LogP contribution in [0.3, 0.4) is 0 Å². The van der Waals surface area contributed by atoms with E-state index in [1.807, 2.05) is 6.92 Å². The third-order valence-corrected chi connectivity index (χ3v) is 4.64. The minimum Gasteiger partial charge on any atom is -0.323 e. The van der Waals surface area contributed by atoms with Gasteiger partial charge in [-0.15, -0.1) is 0 Å². The van der Waals surface area contributed by atoms with Crippen LogP contribution in [0.5, 0.6) is 0 Å². The number of imide groups is 1. The smallest absolute Gasteiger partial charge is 0.323 e. The van der Waals surface area contributed by atoms with Crippen molar-refractivity contribution in [2.24, 2.45) is 11.3 Å². The van der Waals surface area contributed by atoms with E-state index < -0.39 is 17.0 Å². The van der Waals surface area contributed by atoms with Gasteiger partial charge in [-0.2, -0.15) is 0 Å². The molecule has 5 heteroatoms. The monoisotopic (exact) mass is 280 g/mol. The molecule has 1 heterocycles. The normalized spacial score (nSPS) is 30.8. The molecule has 0 aromatic carbocycles. The summed E-state index contributed by atoms with van der Waals surface area (Å²) in [6.45, 7) is 7.28. The summed E-state index contributed by atoms with van der Waals surface area (Å²) in [7, 11) is 0. The Balaban J connectivity index is 2.19. The topological polar surface area (TPSA) is 66.5 Å². The van der Waals surface area contributed by atoms with E-state index in [4.69, 9.17) is 0 Å². The average Bonchev–Trinajstić information content (AvgIpc) is 2.57. The number of hydrogen-bond acceptors (Lipinski definition) is 3. The zero-order valence-electron chi connectivity index (χ0n) is 12.8. The highest BCUT2D eigenvalue weighted by molar-refractivity contribution is 6.09. The van der Waals surface area contributed by atoms with Crippen LogP contribution in [0.15, 0.2) is 0 Å². The van der Waals surface area contributed by atoms with Crippen LogP contribution in [0.4, 0.5) is 4.79 Å². The molecule has 0 bridgehead atoms. The Bertz CT molecular complexity index is 453. The second-order valence-corrected chi connectivity index (χ2v) is 7.11. The molecule has 0 aromatic heterocycles. The van der Waals surface area contributed by atoms with Gasteiger partial charge in [0, 0.05) is 5.41 Å². The number of Topliss-reactive ketones (excluding diaryl/α,β-unsaturated/α-hetero) is 1. The van der Waals surface area contributed by atoms with Crippen LogP contribution >= 0.6 is 0 Å². The van der Waals surface area contributed by atoms with E-state index in [0.29, 0.717) is 6.42 Å². The average molecular weight is 280 g/mol. The summed E-state index contributed by atoms with van der Waals surface area (Å²) in [5.74, 6) is -0.184. The van der Waals surface area contributed by atoms with Crippen LogP contribution in [-0.4, -0.2) is 34.7 Å². The Morgan fingerprint density at radius 3 is 2.55 bits per heavy atom. The SMILES string of the molecule is C[C@H]1CCCC[C@]12NC(=O)N(CC(=O)C(C)(C)C)C2=O. The first-order valence-electron chi connectivity index (χ1n) is 7.36. The van der Waals surface area contributed by atoms with Crippen molar-refractivity contribution in [3.8, 4) is 0 Å². The van der Waals surface area contributed by atoms with Crippen LogP contribution in [0.2, 0.25) is 0 Å². The summed E-state index contributed by atoms with van der Waals surface area (Å²) in [4.78, 5) is 38.0. The molecule has 2 aliphatic rings. The lowest BCUT2D eigenvalue weighted by molar-refractivity contribution is -0.138. The molecule has 5 nitrogen and oxygen atoms in total. The molecule has 0 aromatic rings. The van der Waals surface area contributed by atoms with Gasteiger partial charge in [0.25, 0.3) is 5.91 Å². The Hall–Kier alpha value is -1.39. The number of ketones is 1. The minimum absolute atomic E-state index is 0.0958. The van der Waals surface area contributed by atoms with Crippen molar-refractivity contribution in [1.82, 2.24) is 10.2 Å². The highest BCUT2D eigenvalue weighted by Gasteiger charge is 2.55. The molecule has 2 rings (SSSR count). The molecule has 0 unspecified atom stereocenters. The minimum atomic E-state index is -0.770. The van der Waals surface area contributed by atoms with Gasteiger partial charge >= 0.3 is 6.03 Å². The summed E-state index contributed by atoms with van der Waals surface area (Å²) in [5.41, 5.74) is -1.32. The number of nitrogens with zero attached hydrogens (tertiary/aromatic N) is 1. The molecule has 2 atom stereocenters. The van der Waals surface area contributed by atoms with Gasteiger partial charge in [-0.3, -0.25) is 14.5 Å². The van der Waals surface area contributed by atoms with Crippen LogP contribution in [0, 0.1) is 11.3 Å². The van der Waals surface area contributed by atoms with Crippen molar-refractivity contribution in [3.05, 3.63) is 0 Å². The second-order valence-electron chi connectivity index (χ2n) is 7.11. The molecular formula is C15H24N2O3. The number of amides is 3. The van der Waals surface area contributed by atoms with Gasteiger partial charge in [-0.05, 0) is 18.8 Å². The third-order valence-electron chi connectivity index (χ3n) is 4.64. The van der Waals surface area contributed by atoms with Gasteiger partial charge in [0.05, 0.1) is 6.54 Å². The molecule has 3 amide bonds. The number of nitrogens with one attached hydrogen (secondary N) is 1. The maximum absolute atomic E-state index is 12.7. The first kappa shape index (κ1) is 15.0. The van der Waals surface area contributed by atoms with Crippen LogP contribution in [0.25, 0.3) is 0 Å². The molecule has 2 fully saturated rings. The second kappa shape index (κ2) is 4.86. The van der Waals surface area contributed by atoms with Gasteiger partial charge < -0.3 is 5.32 Å². The largest absolute Gasteiger partial charge is 0.325 e. The quantitative estimate of drug-likeness (QED) is 0.788. The fraction of sp³-hybridized carbons (Fsp3) is 0.800. The number of carbonyl (C=O) groups excluding carboxylic acids is 3. The van der Waals surface area contributed by atoms with Gasteiger partial charge in [0.2, 0.25) is 0 Å². The summed E-state index contributed by atoms with van der Waals surface area (Å²) >= 11 is 0. The van der Waals surface area contributed by atoms with E-state index in [-0.39, 0.29) is 24.2 Å². The summed E-state index contributed by atoms with van der Waals surface area (Å²) < 4.78 is 0. The van der Waals surface area contributed by atoms with Gasteiger partial charge in [-0.1, -0.05) is 40.5 Å². The number of carbonyl (C=O) groups is 3. The highest BCUT2D eigenvalue weighted by atomic mass is 16.2. The van der Waals surface area contributed by atoms with Crippen molar-refractivity contribution in [2.75, 3.05) is 6.54 Å². The fourth-order valence-corrected chi connectivity index (χ4v) is 3.02. The molecule has 1 aliphatic carbocycles. The van der Waals surface area contributed by atoms with E-state index in [2.05, 4.69) is 5.32 Å². The van der Waals surface area contributed by atoms with Crippen LogP contribution in [0.1, 0.15) is 53.4 Å². The van der Waals surface area contributed by atoms with E-state index in [1.165, 1.54) is 0 Å². The molecule has 1 aliphatic heterocycles. The molecular weight excluding hydrogens is 256 g/mol. The van der Waals surface area contributed by atoms with Crippen molar-refractivity contribution in [1.29, 1.82) is 0 Å². The Labute approximate surface area is 120 Å². The van der Waals surface area contributed by atoms with Crippen LogP contribution < -0.4 is 5.32 Å². The summed E-state index contributed by atoms with van der Waals surface area (Å²) in [6.07, 6.45) is 3.65. The van der Waals surface area contributed by atoms with E-state index in [0.717, 1.165) is 24.2 Å². The van der Waals surface area contributed by atoms with E-state index in [1.54, 1.807) is 20.8 Å². The maximum Gasteiger partial charge on any atom is 0.325 e. The third kappa shape index (κ3) is 2.34.